The quantitative estimate of drug-likeness (QED) is 0.736. The molecule has 2 N–H and O–H groups in total. The van der Waals surface area contributed by atoms with Gasteiger partial charge >= 0.3 is 0 Å². The molecule has 0 aliphatic carbocycles. The first-order chi connectivity index (χ1) is 7.74. The maximum Gasteiger partial charge on any atom is 0.251 e. The average Bonchev–Trinajstić information content (AvgIpc) is 2.28. The summed E-state index contributed by atoms with van der Waals surface area (Å²) in [5.41, 5.74) is 0.156. The lowest BCUT2D eigenvalue weighted by atomic mass is 10.2. The van der Waals surface area contributed by atoms with Crippen molar-refractivity contribution in [3.8, 4) is 0 Å². The van der Waals surface area contributed by atoms with Crippen molar-refractivity contribution in [3.63, 3.8) is 0 Å². The number of aromatic nitrogens is 1. The standard InChI is InChI=1S/C11H16N2O2S/c1-16-7-3-2-5-13-11(15)9-4-6-12-10(14)8-9/h4,6,8H,2-3,5,7H2,1H3,(H,12,14)(H,13,15). The molecule has 0 atom stereocenters. The van der Waals surface area contributed by atoms with Crippen LogP contribution >= 0.6 is 11.8 Å². The second-order valence-electron chi connectivity index (χ2n) is 3.40. The van der Waals surface area contributed by atoms with Gasteiger partial charge in [-0.25, -0.2) is 0 Å². The van der Waals surface area contributed by atoms with Gasteiger partial charge in [0.2, 0.25) is 5.56 Å². The van der Waals surface area contributed by atoms with Gasteiger partial charge in [-0.3, -0.25) is 9.59 Å². The smallest absolute Gasteiger partial charge is 0.251 e. The fraction of sp³-hybridized carbons (Fsp3) is 0.455. The minimum Gasteiger partial charge on any atom is -0.352 e. The highest BCUT2D eigenvalue weighted by molar-refractivity contribution is 7.98. The summed E-state index contributed by atoms with van der Waals surface area (Å²) in [5, 5.41) is 2.78. The van der Waals surface area contributed by atoms with Crippen LogP contribution in [0.2, 0.25) is 0 Å². The Hall–Kier alpha value is -1.23. The van der Waals surface area contributed by atoms with E-state index in [0.717, 1.165) is 18.6 Å². The molecule has 16 heavy (non-hydrogen) atoms. The van der Waals surface area contributed by atoms with Crippen LogP contribution < -0.4 is 10.9 Å². The Bertz CT molecular complexity index is 390. The molecule has 1 rings (SSSR count). The summed E-state index contributed by atoms with van der Waals surface area (Å²) in [4.78, 5) is 25.0. The van der Waals surface area contributed by atoms with Gasteiger partial charge in [0.1, 0.15) is 0 Å². The Balaban J connectivity index is 2.33. The minimum atomic E-state index is -0.255. The highest BCUT2D eigenvalue weighted by Crippen LogP contribution is 1.98. The van der Waals surface area contributed by atoms with Crippen LogP contribution in [0.3, 0.4) is 0 Å². The Morgan fingerprint density at radius 2 is 2.31 bits per heavy atom. The van der Waals surface area contributed by atoms with Crippen molar-refractivity contribution in [3.05, 3.63) is 34.2 Å². The van der Waals surface area contributed by atoms with Gasteiger partial charge in [-0.2, -0.15) is 11.8 Å². The molecule has 0 aromatic carbocycles. The number of aromatic amines is 1. The highest BCUT2D eigenvalue weighted by Gasteiger charge is 2.04. The molecule has 1 aromatic rings. The lowest BCUT2D eigenvalue weighted by molar-refractivity contribution is 0.0953. The number of hydrogen-bond donors (Lipinski definition) is 2. The number of amides is 1. The summed E-state index contributed by atoms with van der Waals surface area (Å²) < 4.78 is 0. The van der Waals surface area contributed by atoms with E-state index in [1.54, 1.807) is 17.8 Å². The fourth-order valence-electron chi connectivity index (χ4n) is 1.26. The molecule has 1 heterocycles. The van der Waals surface area contributed by atoms with E-state index in [-0.39, 0.29) is 11.5 Å². The summed E-state index contributed by atoms with van der Waals surface area (Å²) in [6, 6.07) is 2.90. The molecule has 0 spiro atoms. The predicted molar refractivity (Wildman–Crippen MR) is 67.0 cm³/mol. The van der Waals surface area contributed by atoms with E-state index < -0.39 is 0 Å². The molecule has 1 amide bonds. The van der Waals surface area contributed by atoms with Crippen LogP contribution in [0, 0.1) is 0 Å². The summed E-state index contributed by atoms with van der Waals surface area (Å²) in [7, 11) is 0. The average molecular weight is 240 g/mol. The summed E-state index contributed by atoms with van der Waals surface area (Å²) in [6.07, 6.45) is 5.60. The first kappa shape index (κ1) is 12.8. The summed E-state index contributed by atoms with van der Waals surface area (Å²) in [6.45, 7) is 0.659. The van der Waals surface area contributed by atoms with Crippen LogP contribution in [-0.4, -0.2) is 29.4 Å². The molecule has 1 aromatic heterocycles. The Morgan fingerprint density at radius 3 is 3.00 bits per heavy atom. The molecule has 4 nitrogen and oxygen atoms in total. The van der Waals surface area contributed by atoms with Crippen LogP contribution in [0.1, 0.15) is 23.2 Å². The van der Waals surface area contributed by atoms with Gasteiger partial charge in [0, 0.05) is 24.4 Å². The minimum absolute atomic E-state index is 0.185. The number of thioether (sulfide) groups is 1. The van der Waals surface area contributed by atoms with Crippen LogP contribution in [0.25, 0.3) is 0 Å². The second-order valence-corrected chi connectivity index (χ2v) is 4.38. The van der Waals surface area contributed by atoms with Crippen LogP contribution in [-0.2, 0) is 0 Å². The molecule has 0 fully saturated rings. The lowest BCUT2D eigenvalue weighted by Gasteiger charge is -2.04. The van der Waals surface area contributed by atoms with Crippen molar-refractivity contribution in [2.45, 2.75) is 12.8 Å². The van der Waals surface area contributed by atoms with E-state index in [1.807, 2.05) is 0 Å². The molecule has 0 bridgehead atoms. The summed E-state index contributed by atoms with van der Waals surface area (Å²) in [5.74, 6) is 0.927. The molecule has 0 saturated carbocycles. The third-order valence-electron chi connectivity index (χ3n) is 2.10. The largest absolute Gasteiger partial charge is 0.352 e. The van der Waals surface area contributed by atoms with Crippen molar-refractivity contribution in [1.82, 2.24) is 10.3 Å². The zero-order chi connectivity index (χ0) is 11.8. The third kappa shape index (κ3) is 4.53. The van der Waals surface area contributed by atoms with Gasteiger partial charge in [0.05, 0.1) is 0 Å². The molecular weight excluding hydrogens is 224 g/mol. The molecule has 0 aliphatic rings. The van der Waals surface area contributed by atoms with Gasteiger partial charge in [-0.1, -0.05) is 0 Å². The maximum atomic E-state index is 11.6. The Labute approximate surface area is 98.8 Å². The first-order valence-corrected chi connectivity index (χ1v) is 6.59. The number of H-pyrrole nitrogens is 1. The molecular formula is C11H16N2O2S. The van der Waals surface area contributed by atoms with E-state index >= 15 is 0 Å². The Kier molecular flexibility index (Phi) is 5.71. The second kappa shape index (κ2) is 7.11. The van der Waals surface area contributed by atoms with Crippen molar-refractivity contribution in [2.75, 3.05) is 18.6 Å². The zero-order valence-electron chi connectivity index (χ0n) is 9.29. The van der Waals surface area contributed by atoms with E-state index in [4.69, 9.17) is 0 Å². The number of unbranched alkanes of at least 4 members (excludes halogenated alkanes) is 1. The van der Waals surface area contributed by atoms with Crippen molar-refractivity contribution in [2.24, 2.45) is 0 Å². The number of carbonyl (C=O) groups excluding carboxylic acids is 1. The molecule has 88 valence electrons. The van der Waals surface area contributed by atoms with Crippen LogP contribution in [0.15, 0.2) is 23.1 Å². The summed E-state index contributed by atoms with van der Waals surface area (Å²) >= 11 is 1.80. The normalized spacial score (nSPS) is 10.1. The molecule has 0 unspecified atom stereocenters. The van der Waals surface area contributed by atoms with Crippen molar-refractivity contribution >= 4 is 17.7 Å². The maximum absolute atomic E-state index is 11.6. The fourth-order valence-corrected chi connectivity index (χ4v) is 1.75. The van der Waals surface area contributed by atoms with Gasteiger partial charge in [0.25, 0.3) is 5.91 Å². The monoisotopic (exact) mass is 240 g/mol. The topological polar surface area (TPSA) is 62.0 Å². The SMILES string of the molecule is CSCCCCNC(=O)c1cc[nH]c(=O)c1. The molecule has 0 saturated heterocycles. The van der Waals surface area contributed by atoms with Crippen LogP contribution in [0.4, 0.5) is 0 Å². The van der Waals surface area contributed by atoms with Gasteiger partial charge in [-0.05, 0) is 30.9 Å². The number of carbonyl (C=O) groups is 1. The van der Waals surface area contributed by atoms with Crippen molar-refractivity contribution in [1.29, 1.82) is 0 Å². The zero-order valence-corrected chi connectivity index (χ0v) is 10.1. The van der Waals surface area contributed by atoms with Gasteiger partial charge in [-0.15, -0.1) is 0 Å². The van der Waals surface area contributed by atoms with E-state index in [0.29, 0.717) is 12.1 Å². The van der Waals surface area contributed by atoms with E-state index in [9.17, 15) is 9.59 Å². The molecule has 0 aliphatic heterocycles. The first-order valence-electron chi connectivity index (χ1n) is 5.20. The van der Waals surface area contributed by atoms with Crippen LogP contribution in [0.5, 0.6) is 0 Å². The third-order valence-corrected chi connectivity index (χ3v) is 2.79. The predicted octanol–water partition coefficient (Wildman–Crippen LogP) is 1.25. The number of pyridine rings is 1. The number of hydrogen-bond acceptors (Lipinski definition) is 3. The number of nitrogens with one attached hydrogen (secondary N) is 2. The lowest BCUT2D eigenvalue weighted by Crippen LogP contribution is -2.25. The Morgan fingerprint density at radius 1 is 1.50 bits per heavy atom. The van der Waals surface area contributed by atoms with Crippen molar-refractivity contribution < 1.29 is 4.79 Å². The van der Waals surface area contributed by atoms with E-state index in [2.05, 4.69) is 16.6 Å². The molecule has 0 radical (unpaired) electrons. The van der Waals surface area contributed by atoms with E-state index in [1.165, 1.54) is 12.3 Å². The highest BCUT2D eigenvalue weighted by atomic mass is 32.2. The molecule has 5 heteroatoms. The number of rotatable bonds is 6. The van der Waals surface area contributed by atoms with Gasteiger partial charge in [0.15, 0.2) is 0 Å². The van der Waals surface area contributed by atoms with Gasteiger partial charge < -0.3 is 10.3 Å².